The van der Waals surface area contributed by atoms with Crippen molar-refractivity contribution in [1.82, 2.24) is 0 Å². The summed E-state index contributed by atoms with van der Waals surface area (Å²) in [6, 6.07) is 0. The summed E-state index contributed by atoms with van der Waals surface area (Å²) in [4.78, 5) is 0. The molecule has 1 aliphatic heterocycles. The number of hydrogen-bond donors (Lipinski definition) is 0. The molecule has 0 aliphatic carbocycles. The maximum Gasteiger partial charge on any atom is 0.427 e. The van der Waals surface area contributed by atoms with E-state index in [2.05, 4.69) is 4.74 Å². The van der Waals surface area contributed by atoms with Crippen LogP contribution in [-0.2, 0) is 4.74 Å². The Balaban J connectivity index is 3.28. The zero-order valence-electron chi connectivity index (χ0n) is 6.14. The zero-order chi connectivity index (χ0) is 11.4. The fraction of sp³-hybridized carbons (Fsp3) is 1.00. The molecule has 1 aliphatic rings. The lowest BCUT2D eigenvalue weighted by molar-refractivity contribution is -0.362. The first kappa shape index (κ1) is 11.5. The Kier molecular flexibility index (Phi) is 2.05. The monoisotopic (exact) mass is 230 g/mol. The molecule has 0 saturated carbocycles. The van der Waals surface area contributed by atoms with Crippen LogP contribution in [0.1, 0.15) is 0 Å². The lowest BCUT2D eigenvalue weighted by Gasteiger charge is -2.25. The molecule has 0 aromatic rings. The standard InChI is InChI=1S/C5H2F8O/c6-1-2(7)3(8,9)5(12,13)14-4(2,10)11/h1H2. The average Bonchev–Trinajstić information content (AvgIpc) is 2.07. The summed E-state index contributed by atoms with van der Waals surface area (Å²) < 4.78 is 99.6. The van der Waals surface area contributed by atoms with Crippen molar-refractivity contribution in [3.8, 4) is 0 Å². The van der Waals surface area contributed by atoms with Gasteiger partial charge in [0.1, 0.15) is 6.67 Å². The Hall–Kier alpha value is -0.600. The minimum absolute atomic E-state index is 2.23. The maximum absolute atomic E-state index is 12.6. The molecule has 0 aromatic carbocycles. The highest BCUT2D eigenvalue weighted by molar-refractivity contribution is 5.10. The van der Waals surface area contributed by atoms with Crippen LogP contribution in [0.25, 0.3) is 0 Å². The van der Waals surface area contributed by atoms with Gasteiger partial charge in [0.15, 0.2) is 0 Å². The van der Waals surface area contributed by atoms with Gasteiger partial charge in [0.05, 0.1) is 0 Å². The lowest BCUT2D eigenvalue weighted by atomic mass is 10.0. The first-order valence-electron chi connectivity index (χ1n) is 3.10. The summed E-state index contributed by atoms with van der Waals surface area (Å²) in [5.41, 5.74) is -5.34. The molecular formula is C5H2F8O. The Morgan fingerprint density at radius 1 is 0.786 bits per heavy atom. The molecule has 1 nitrogen and oxygen atoms in total. The van der Waals surface area contributed by atoms with Gasteiger partial charge < -0.3 is 0 Å². The molecule has 1 rings (SSSR count). The quantitative estimate of drug-likeness (QED) is 0.629. The molecule has 0 spiro atoms. The van der Waals surface area contributed by atoms with Gasteiger partial charge in [-0.1, -0.05) is 0 Å². The largest absolute Gasteiger partial charge is 0.427 e. The Labute approximate surface area is 71.6 Å². The van der Waals surface area contributed by atoms with Gasteiger partial charge in [-0.3, -0.25) is 0 Å². The maximum atomic E-state index is 12.6. The van der Waals surface area contributed by atoms with Crippen LogP contribution in [0.2, 0.25) is 0 Å². The molecule has 0 amide bonds. The minimum Gasteiger partial charge on any atom is -0.247 e. The highest BCUT2D eigenvalue weighted by Gasteiger charge is 2.89. The van der Waals surface area contributed by atoms with Crippen molar-refractivity contribution in [1.29, 1.82) is 0 Å². The van der Waals surface area contributed by atoms with Gasteiger partial charge in [-0.25, -0.2) is 13.5 Å². The molecule has 84 valence electrons. The molecule has 1 unspecified atom stereocenters. The van der Waals surface area contributed by atoms with E-state index < -0.39 is 30.5 Å². The van der Waals surface area contributed by atoms with Gasteiger partial charge in [-0.05, 0) is 0 Å². The van der Waals surface area contributed by atoms with Gasteiger partial charge in [0.2, 0.25) is 0 Å². The van der Waals surface area contributed by atoms with E-state index in [9.17, 15) is 35.1 Å². The van der Waals surface area contributed by atoms with Crippen LogP contribution in [0, 0.1) is 0 Å². The van der Waals surface area contributed by atoms with E-state index in [-0.39, 0.29) is 0 Å². The van der Waals surface area contributed by atoms with Gasteiger partial charge in [-0.15, -0.1) is 0 Å². The number of ether oxygens (including phenoxy) is 1. The molecule has 1 atom stereocenters. The van der Waals surface area contributed by atoms with Crippen LogP contribution >= 0.6 is 0 Å². The summed E-state index contributed by atoms with van der Waals surface area (Å²) in [6.45, 7) is -2.98. The highest BCUT2D eigenvalue weighted by atomic mass is 19.3. The third kappa shape index (κ3) is 0.984. The fourth-order valence-corrected chi connectivity index (χ4v) is 0.881. The summed E-state index contributed by atoms with van der Waals surface area (Å²) in [6.07, 6.45) is -11.3. The Morgan fingerprint density at radius 3 is 1.36 bits per heavy atom. The smallest absolute Gasteiger partial charge is 0.247 e. The molecule has 0 aromatic heterocycles. The predicted octanol–water partition coefficient (Wildman–Crippen LogP) is 2.52. The zero-order valence-corrected chi connectivity index (χ0v) is 6.14. The predicted molar refractivity (Wildman–Crippen MR) is 25.7 cm³/mol. The van der Waals surface area contributed by atoms with E-state index in [1.807, 2.05) is 0 Å². The summed E-state index contributed by atoms with van der Waals surface area (Å²) >= 11 is 0. The first-order valence-corrected chi connectivity index (χ1v) is 3.10. The van der Waals surface area contributed by atoms with Gasteiger partial charge >= 0.3 is 18.1 Å². The van der Waals surface area contributed by atoms with Gasteiger partial charge in [-0.2, -0.15) is 26.3 Å². The number of alkyl halides is 8. The molecular weight excluding hydrogens is 228 g/mol. The molecule has 1 fully saturated rings. The molecule has 14 heavy (non-hydrogen) atoms. The van der Waals surface area contributed by atoms with Crippen LogP contribution < -0.4 is 0 Å². The average molecular weight is 230 g/mol. The van der Waals surface area contributed by atoms with Crippen molar-refractivity contribution in [2.75, 3.05) is 6.67 Å². The molecule has 9 heteroatoms. The number of rotatable bonds is 1. The van der Waals surface area contributed by atoms with Crippen molar-refractivity contribution in [2.24, 2.45) is 0 Å². The van der Waals surface area contributed by atoms with E-state index in [0.717, 1.165) is 0 Å². The van der Waals surface area contributed by atoms with Crippen molar-refractivity contribution >= 4 is 0 Å². The first-order chi connectivity index (χ1) is 6.02. The molecule has 0 bridgehead atoms. The Bertz CT molecular complexity index is 250. The van der Waals surface area contributed by atoms with Crippen LogP contribution in [0.15, 0.2) is 0 Å². The number of hydrogen-bond acceptors (Lipinski definition) is 1. The van der Waals surface area contributed by atoms with E-state index >= 15 is 0 Å². The molecule has 1 heterocycles. The topological polar surface area (TPSA) is 9.23 Å². The van der Waals surface area contributed by atoms with Crippen LogP contribution in [0.4, 0.5) is 35.1 Å². The lowest BCUT2D eigenvalue weighted by Crippen LogP contribution is -2.56. The van der Waals surface area contributed by atoms with E-state index in [1.54, 1.807) is 0 Å². The van der Waals surface area contributed by atoms with Gasteiger partial charge in [0.25, 0.3) is 5.67 Å². The Morgan fingerprint density at radius 2 is 1.21 bits per heavy atom. The van der Waals surface area contributed by atoms with E-state index in [0.29, 0.717) is 0 Å². The van der Waals surface area contributed by atoms with E-state index in [1.165, 1.54) is 0 Å². The van der Waals surface area contributed by atoms with Crippen LogP contribution in [0.5, 0.6) is 0 Å². The second-order valence-electron chi connectivity index (χ2n) is 2.64. The highest BCUT2D eigenvalue weighted by Crippen LogP contribution is 2.60. The van der Waals surface area contributed by atoms with Crippen molar-refractivity contribution in [2.45, 2.75) is 23.8 Å². The summed E-state index contributed by atoms with van der Waals surface area (Å²) in [5, 5.41) is 0. The van der Waals surface area contributed by atoms with Crippen LogP contribution in [-0.4, -0.2) is 30.5 Å². The van der Waals surface area contributed by atoms with Crippen molar-refractivity contribution < 1.29 is 39.9 Å². The SMILES string of the molecule is FCC1(F)C(F)(F)OC(F)(F)C1(F)F. The van der Waals surface area contributed by atoms with Crippen LogP contribution in [0.3, 0.4) is 0 Å². The number of halogens is 8. The summed E-state index contributed by atoms with van der Waals surface area (Å²) in [5.74, 6) is -5.92. The minimum atomic E-state index is -5.92. The third-order valence-corrected chi connectivity index (χ3v) is 1.77. The molecule has 1 saturated heterocycles. The second-order valence-corrected chi connectivity index (χ2v) is 2.64. The normalized spacial score (nSPS) is 38.6. The fourth-order valence-electron chi connectivity index (χ4n) is 0.881. The third-order valence-electron chi connectivity index (χ3n) is 1.77. The van der Waals surface area contributed by atoms with Gasteiger partial charge in [0, 0.05) is 0 Å². The van der Waals surface area contributed by atoms with E-state index in [4.69, 9.17) is 0 Å². The van der Waals surface area contributed by atoms with Crippen molar-refractivity contribution in [3.05, 3.63) is 0 Å². The van der Waals surface area contributed by atoms with Crippen molar-refractivity contribution in [3.63, 3.8) is 0 Å². The molecule has 0 radical (unpaired) electrons. The summed E-state index contributed by atoms with van der Waals surface area (Å²) in [7, 11) is 0. The second kappa shape index (κ2) is 2.50. The molecule has 0 N–H and O–H groups in total.